The molecule has 74 valence electrons. The lowest BCUT2D eigenvalue weighted by Gasteiger charge is -1.99. The normalized spacial score (nSPS) is 11.8. The van der Waals surface area contributed by atoms with Gasteiger partial charge in [0.05, 0.1) is 12.9 Å². The minimum Gasteiger partial charge on any atom is -0.365 e. The van der Waals surface area contributed by atoms with Gasteiger partial charge in [0.25, 0.3) is 10.1 Å². The Balaban J connectivity index is 2.16. The van der Waals surface area contributed by atoms with Crippen molar-refractivity contribution in [3.8, 4) is 0 Å². The van der Waals surface area contributed by atoms with Crippen molar-refractivity contribution in [1.29, 1.82) is 0 Å². The maximum atomic E-state index is 10.6. The maximum absolute atomic E-state index is 10.6. The summed E-state index contributed by atoms with van der Waals surface area (Å²) in [5, 5.41) is 0. The molecule has 0 unspecified atom stereocenters. The highest BCUT2D eigenvalue weighted by atomic mass is 32.2. The Labute approximate surface area is 78.0 Å². The zero-order valence-corrected chi connectivity index (χ0v) is 8.30. The van der Waals surface area contributed by atoms with Gasteiger partial charge in [0.15, 0.2) is 0 Å². The van der Waals surface area contributed by atoms with E-state index in [4.69, 9.17) is 0 Å². The van der Waals surface area contributed by atoms with Gasteiger partial charge in [0.1, 0.15) is 0 Å². The summed E-state index contributed by atoms with van der Waals surface area (Å²) in [6.45, 7) is 0.248. The zero-order chi connectivity index (χ0) is 9.73. The van der Waals surface area contributed by atoms with E-state index in [0.717, 1.165) is 18.4 Å². The molecule has 0 bridgehead atoms. The van der Waals surface area contributed by atoms with Gasteiger partial charge in [-0.1, -0.05) is 0 Å². The second-order valence-corrected chi connectivity index (χ2v) is 4.47. The Kier molecular flexibility index (Phi) is 3.50. The van der Waals surface area contributed by atoms with Crippen LogP contribution in [0.25, 0.3) is 0 Å². The number of hydrogen-bond acceptors (Lipinski definition) is 3. The Hall–Kier alpha value is -0.810. The van der Waals surface area contributed by atoms with E-state index in [1.54, 1.807) is 0 Å². The molecule has 1 rings (SSSR count). The number of rotatable bonds is 5. The Morgan fingerprint density at radius 1 is 1.54 bits per heavy atom. The summed E-state index contributed by atoms with van der Waals surface area (Å²) in [6.07, 6.45) is 4.41. The number of H-pyrrole nitrogens is 1. The van der Waals surface area contributed by atoms with E-state index in [9.17, 15) is 8.42 Å². The molecule has 0 spiro atoms. The summed E-state index contributed by atoms with van der Waals surface area (Å²) < 4.78 is 25.7. The molecule has 0 amide bonds. The predicted octanol–water partition coefficient (Wildman–Crippen LogP) is 0.923. The summed E-state index contributed by atoms with van der Waals surface area (Å²) in [6, 6.07) is 3.87. The molecule has 1 N–H and O–H groups in total. The first kappa shape index (κ1) is 10.3. The maximum Gasteiger partial charge on any atom is 0.264 e. The van der Waals surface area contributed by atoms with E-state index in [-0.39, 0.29) is 6.61 Å². The highest BCUT2D eigenvalue weighted by Gasteiger charge is 2.00. The molecule has 0 atom stereocenters. The molecule has 0 saturated heterocycles. The molecule has 4 nitrogen and oxygen atoms in total. The summed E-state index contributed by atoms with van der Waals surface area (Å²) >= 11 is 0. The molecule has 0 fully saturated rings. The van der Waals surface area contributed by atoms with Crippen LogP contribution in [-0.2, 0) is 20.7 Å². The minimum atomic E-state index is -3.28. The molecular weight excluding hydrogens is 190 g/mol. The minimum absolute atomic E-state index is 0.248. The fraction of sp³-hybridized carbons (Fsp3) is 0.500. The van der Waals surface area contributed by atoms with Gasteiger partial charge in [-0.25, -0.2) is 0 Å². The van der Waals surface area contributed by atoms with Gasteiger partial charge in [-0.15, -0.1) is 0 Å². The molecule has 1 aromatic heterocycles. The first-order valence-electron chi connectivity index (χ1n) is 4.04. The molecule has 0 aliphatic carbocycles. The second-order valence-electron chi connectivity index (χ2n) is 2.83. The monoisotopic (exact) mass is 203 g/mol. The van der Waals surface area contributed by atoms with Gasteiger partial charge < -0.3 is 4.98 Å². The second kappa shape index (κ2) is 4.43. The van der Waals surface area contributed by atoms with E-state index in [0.29, 0.717) is 6.42 Å². The molecule has 0 saturated carbocycles. The summed E-state index contributed by atoms with van der Waals surface area (Å²) in [4.78, 5) is 3.03. The average molecular weight is 203 g/mol. The molecule has 0 radical (unpaired) electrons. The largest absolute Gasteiger partial charge is 0.365 e. The smallest absolute Gasteiger partial charge is 0.264 e. The average Bonchev–Trinajstić information content (AvgIpc) is 2.48. The van der Waals surface area contributed by atoms with Crippen LogP contribution in [0, 0.1) is 0 Å². The van der Waals surface area contributed by atoms with Crippen molar-refractivity contribution in [2.24, 2.45) is 0 Å². The van der Waals surface area contributed by atoms with E-state index >= 15 is 0 Å². The molecule has 0 aliphatic heterocycles. The number of nitrogens with one attached hydrogen (secondary N) is 1. The van der Waals surface area contributed by atoms with Crippen molar-refractivity contribution in [1.82, 2.24) is 4.98 Å². The van der Waals surface area contributed by atoms with Crippen molar-refractivity contribution in [2.75, 3.05) is 12.9 Å². The molecule has 5 heteroatoms. The summed E-state index contributed by atoms with van der Waals surface area (Å²) in [7, 11) is -3.28. The number of aryl methyl sites for hydroxylation is 1. The van der Waals surface area contributed by atoms with E-state index in [2.05, 4.69) is 9.17 Å². The lowest BCUT2D eigenvalue weighted by Crippen LogP contribution is -2.04. The van der Waals surface area contributed by atoms with Gasteiger partial charge >= 0.3 is 0 Å². The van der Waals surface area contributed by atoms with Crippen LogP contribution in [0.15, 0.2) is 18.3 Å². The van der Waals surface area contributed by atoms with Crippen LogP contribution in [-0.4, -0.2) is 26.3 Å². The molecular formula is C8H13NO3S. The Bertz CT molecular complexity index is 328. The van der Waals surface area contributed by atoms with E-state index in [1.807, 2.05) is 18.3 Å². The van der Waals surface area contributed by atoms with Crippen molar-refractivity contribution in [3.63, 3.8) is 0 Å². The van der Waals surface area contributed by atoms with Crippen LogP contribution in [0.4, 0.5) is 0 Å². The van der Waals surface area contributed by atoms with Crippen LogP contribution in [0.2, 0.25) is 0 Å². The van der Waals surface area contributed by atoms with Crippen LogP contribution < -0.4 is 0 Å². The zero-order valence-electron chi connectivity index (χ0n) is 7.49. The van der Waals surface area contributed by atoms with Crippen LogP contribution >= 0.6 is 0 Å². The molecule has 0 aliphatic rings. The van der Waals surface area contributed by atoms with Gasteiger partial charge in [-0.05, 0) is 25.0 Å². The van der Waals surface area contributed by atoms with Gasteiger partial charge in [-0.3, -0.25) is 4.18 Å². The highest BCUT2D eigenvalue weighted by molar-refractivity contribution is 7.85. The molecule has 1 heterocycles. The van der Waals surface area contributed by atoms with Crippen molar-refractivity contribution in [3.05, 3.63) is 24.0 Å². The summed E-state index contributed by atoms with van der Waals surface area (Å²) in [5.41, 5.74) is 1.09. The standard InChI is InChI=1S/C8H13NO3S/c1-13(10,11)12-7-3-5-8-4-2-6-9-8/h2,4,6,9H,3,5,7H2,1H3. The fourth-order valence-electron chi connectivity index (χ4n) is 0.996. The number of aromatic nitrogens is 1. The summed E-state index contributed by atoms with van der Waals surface area (Å²) in [5.74, 6) is 0. The Morgan fingerprint density at radius 3 is 2.85 bits per heavy atom. The lowest BCUT2D eigenvalue weighted by molar-refractivity contribution is 0.315. The third-order valence-electron chi connectivity index (χ3n) is 1.55. The van der Waals surface area contributed by atoms with Crippen molar-refractivity contribution < 1.29 is 12.6 Å². The quantitative estimate of drug-likeness (QED) is 0.572. The topological polar surface area (TPSA) is 59.2 Å². The van der Waals surface area contributed by atoms with Crippen LogP contribution in [0.3, 0.4) is 0 Å². The Morgan fingerprint density at radius 2 is 2.31 bits per heavy atom. The molecule has 1 aromatic rings. The molecule has 0 aromatic carbocycles. The van der Waals surface area contributed by atoms with E-state index in [1.165, 1.54) is 0 Å². The van der Waals surface area contributed by atoms with Crippen LogP contribution in [0.1, 0.15) is 12.1 Å². The first-order valence-corrected chi connectivity index (χ1v) is 5.86. The number of hydrogen-bond donors (Lipinski definition) is 1. The predicted molar refractivity (Wildman–Crippen MR) is 49.9 cm³/mol. The number of aromatic amines is 1. The van der Waals surface area contributed by atoms with Crippen molar-refractivity contribution in [2.45, 2.75) is 12.8 Å². The highest BCUT2D eigenvalue weighted by Crippen LogP contribution is 2.00. The fourth-order valence-corrected chi connectivity index (χ4v) is 1.42. The lowest BCUT2D eigenvalue weighted by atomic mass is 10.2. The third-order valence-corrected chi connectivity index (χ3v) is 2.15. The van der Waals surface area contributed by atoms with Gasteiger partial charge in [-0.2, -0.15) is 8.42 Å². The van der Waals surface area contributed by atoms with Crippen molar-refractivity contribution >= 4 is 10.1 Å². The van der Waals surface area contributed by atoms with E-state index < -0.39 is 10.1 Å². The van der Waals surface area contributed by atoms with Gasteiger partial charge in [0.2, 0.25) is 0 Å². The molecule has 13 heavy (non-hydrogen) atoms. The van der Waals surface area contributed by atoms with Gasteiger partial charge in [0, 0.05) is 11.9 Å². The first-order chi connectivity index (χ1) is 6.08. The third kappa shape index (κ3) is 4.69. The van der Waals surface area contributed by atoms with Crippen LogP contribution in [0.5, 0.6) is 0 Å². The SMILES string of the molecule is CS(=O)(=O)OCCCc1ccc[nH]1.